The number of hydrogen-bond acceptors (Lipinski definition) is 7. The summed E-state index contributed by atoms with van der Waals surface area (Å²) < 4.78 is 35.4. The number of benzene rings is 1. The monoisotopic (exact) mass is 514 g/mol. The molecule has 1 N–H and O–H groups in total. The molecule has 1 aliphatic carbocycles. The van der Waals surface area contributed by atoms with Gasteiger partial charge in [0, 0.05) is 29.7 Å². The number of piperidine rings is 1. The van der Waals surface area contributed by atoms with Crippen molar-refractivity contribution < 1.29 is 13.5 Å². The number of likely N-dealkylation sites (tertiary alicyclic amines) is 1. The molecule has 5 rings (SSSR count). The molecule has 1 aromatic heterocycles. The number of hydrogen-bond donors (Lipinski definition) is 1. The molecule has 1 aromatic carbocycles. The Hall–Kier alpha value is -2.52. The molecular weight excluding hydrogens is 474 g/mol. The number of anilines is 2. The summed E-state index contributed by atoms with van der Waals surface area (Å²) in [7, 11) is 4.36. The number of nitrogens with zero attached hydrogens (tertiary/aromatic N) is 5. The van der Waals surface area contributed by atoms with E-state index >= 15 is 0 Å². The van der Waals surface area contributed by atoms with Gasteiger partial charge >= 0.3 is 0 Å². The fourth-order valence-electron chi connectivity index (χ4n) is 6.15. The van der Waals surface area contributed by atoms with Crippen LogP contribution in [0.25, 0.3) is 11.3 Å². The van der Waals surface area contributed by atoms with Crippen LogP contribution in [0.2, 0.25) is 0 Å². The van der Waals surface area contributed by atoms with Crippen molar-refractivity contribution in [3.05, 3.63) is 30.0 Å². The molecule has 2 aliphatic heterocycles. The Morgan fingerprint density at radius 2 is 1.73 bits per heavy atom. The summed E-state index contributed by atoms with van der Waals surface area (Å²) in [5, 5.41) is 3.42. The Labute approximate surface area is 219 Å². The highest BCUT2D eigenvalue weighted by atomic mass is 19.1. The van der Waals surface area contributed by atoms with E-state index in [9.17, 15) is 8.78 Å². The molecule has 1 saturated heterocycles. The highest BCUT2D eigenvalue weighted by Gasteiger charge is 2.30. The molecule has 0 atom stereocenters. The van der Waals surface area contributed by atoms with E-state index in [1.165, 1.54) is 38.2 Å². The number of aromatic nitrogens is 2. The molecule has 2 aromatic rings. The third-order valence-electron chi connectivity index (χ3n) is 8.33. The lowest BCUT2D eigenvalue weighted by atomic mass is 9.88. The molecule has 7 nitrogen and oxygen atoms in total. The second kappa shape index (κ2) is 11.1. The Balaban J connectivity index is 1.25. The van der Waals surface area contributed by atoms with Crippen LogP contribution in [-0.4, -0.2) is 84.3 Å². The maximum absolute atomic E-state index is 15.0. The average molecular weight is 515 g/mol. The van der Waals surface area contributed by atoms with Crippen LogP contribution in [0.3, 0.4) is 0 Å². The zero-order valence-electron chi connectivity index (χ0n) is 22.5. The Morgan fingerprint density at radius 3 is 2.41 bits per heavy atom. The zero-order valence-corrected chi connectivity index (χ0v) is 22.5. The van der Waals surface area contributed by atoms with Crippen LogP contribution in [0, 0.1) is 11.6 Å². The van der Waals surface area contributed by atoms with Gasteiger partial charge in [-0.1, -0.05) is 0 Å². The van der Waals surface area contributed by atoms with Gasteiger partial charge in [-0.15, -0.1) is 0 Å². The first-order valence-corrected chi connectivity index (χ1v) is 13.7. The summed E-state index contributed by atoms with van der Waals surface area (Å²) in [6, 6.07) is 4.83. The lowest BCUT2D eigenvalue weighted by molar-refractivity contribution is 0.0879. The summed E-state index contributed by atoms with van der Waals surface area (Å²) in [6.07, 6.45) is 7.99. The van der Waals surface area contributed by atoms with Crippen molar-refractivity contribution in [3.63, 3.8) is 0 Å². The molecule has 2 fully saturated rings. The molecular formula is C28H40F2N6O. The van der Waals surface area contributed by atoms with Gasteiger partial charge in [-0.05, 0) is 91.7 Å². The Kier molecular flexibility index (Phi) is 7.81. The van der Waals surface area contributed by atoms with Crippen LogP contribution in [0.5, 0.6) is 5.75 Å². The molecule has 0 radical (unpaired) electrons. The van der Waals surface area contributed by atoms with Gasteiger partial charge in [0.25, 0.3) is 0 Å². The molecule has 37 heavy (non-hydrogen) atoms. The van der Waals surface area contributed by atoms with Crippen molar-refractivity contribution in [1.29, 1.82) is 0 Å². The number of nitrogens with one attached hydrogen (secondary N) is 1. The van der Waals surface area contributed by atoms with Crippen molar-refractivity contribution in [2.45, 2.75) is 76.5 Å². The van der Waals surface area contributed by atoms with Crippen molar-refractivity contribution >= 4 is 11.6 Å². The fourth-order valence-corrected chi connectivity index (χ4v) is 6.15. The third kappa shape index (κ3) is 5.67. The van der Waals surface area contributed by atoms with E-state index in [1.54, 1.807) is 6.07 Å². The van der Waals surface area contributed by atoms with Crippen LogP contribution in [0.1, 0.15) is 52.4 Å². The van der Waals surface area contributed by atoms with Gasteiger partial charge in [-0.2, -0.15) is 0 Å². The molecule has 3 aliphatic rings. The first-order valence-electron chi connectivity index (χ1n) is 13.7. The minimum Gasteiger partial charge on any atom is -0.486 e. The standard InChI is InChI=1S/C28H40F2N6O/c1-18(2)36-13-14-37-27-23(29)15-19(16-25(27)36)26-24(30)17-31-28(33-26)32-20-5-7-22(8-6-20)35-11-9-21(10-12-35)34(3)4/h15-18,20-22H,5-14H2,1-4H3,(H,31,32,33). The lowest BCUT2D eigenvalue weighted by Crippen LogP contribution is -2.48. The first kappa shape index (κ1) is 26.1. The van der Waals surface area contributed by atoms with Gasteiger partial charge in [0.1, 0.15) is 12.3 Å². The summed E-state index contributed by atoms with van der Waals surface area (Å²) in [4.78, 5) is 15.8. The number of rotatable bonds is 6. The topological polar surface area (TPSA) is 56.8 Å². The van der Waals surface area contributed by atoms with E-state index in [1.807, 2.05) is 13.8 Å². The van der Waals surface area contributed by atoms with Crippen LogP contribution in [0.15, 0.2) is 18.3 Å². The van der Waals surface area contributed by atoms with Crippen molar-refractivity contribution in [3.8, 4) is 17.0 Å². The van der Waals surface area contributed by atoms with Gasteiger partial charge in [-0.3, -0.25) is 0 Å². The minimum atomic E-state index is -0.567. The maximum Gasteiger partial charge on any atom is 0.223 e. The van der Waals surface area contributed by atoms with Crippen molar-refractivity contribution in [1.82, 2.24) is 19.8 Å². The van der Waals surface area contributed by atoms with E-state index in [4.69, 9.17) is 4.74 Å². The van der Waals surface area contributed by atoms with Crippen LogP contribution in [-0.2, 0) is 0 Å². The van der Waals surface area contributed by atoms with E-state index in [2.05, 4.69) is 44.1 Å². The van der Waals surface area contributed by atoms with E-state index in [-0.39, 0.29) is 23.5 Å². The van der Waals surface area contributed by atoms with Gasteiger partial charge < -0.3 is 24.8 Å². The summed E-state index contributed by atoms with van der Waals surface area (Å²) in [5.41, 5.74) is 1.13. The molecule has 202 valence electrons. The van der Waals surface area contributed by atoms with Crippen LogP contribution >= 0.6 is 0 Å². The summed E-state index contributed by atoms with van der Waals surface area (Å²) in [5.74, 6) is -0.457. The normalized spacial score (nSPS) is 23.3. The molecule has 0 spiro atoms. The zero-order chi connectivity index (χ0) is 26.1. The predicted octanol–water partition coefficient (Wildman–Crippen LogP) is 4.78. The number of halogens is 2. The fraction of sp³-hybridized carbons (Fsp3) is 0.643. The quantitative estimate of drug-likeness (QED) is 0.596. The maximum atomic E-state index is 15.0. The molecule has 0 bridgehead atoms. The van der Waals surface area contributed by atoms with Crippen LogP contribution < -0.4 is 15.0 Å². The SMILES string of the molecule is CC(C)N1CCOc2c(F)cc(-c3nc(NC4CCC(N5CCC(N(C)C)CC5)CC4)ncc3F)cc21. The third-order valence-corrected chi connectivity index (χ3v) is 8.33. The first-order chi connectivity index (χ1) is 17.8. The molecule has 9 heteroatoms. The lowest BCUT2D eigenvalue weighted by Gasteiger charge is -2.42. The predicted molar refractivity (Wildman–Crippen MR) is 143 cm³/mol. The van der Waals surface area contributed by atoms with Gasteiger partial charge in [0.05, 0.1) is 18.4 Å². The van der Waals surface area contributed by atoms with Gasteiger partial charge in [0.2, 0.25) is 5.95 Å². The Bertz CT molecular complexity index is 1080. The second-order valence-electron chi connectivity index (χ2n) is 11.2. The van der Waals surface area contributed by atoms with Gasteiger partial charge in [0.15, 0.2) is 17.4 Å². The largest absolute Gasteiger partial charge is 0.486 e. The van der Waals surface area contributed by atoms with E-state index in [0.717, 1.165) is 25.7 Å². The van der Waals surface area contributed by atoms with Crippen molar-refractivity contribution in [2.24, 2.45) is 0 Å². The van der Waals surface area contributed by atoms with Gasteiger partial charge in [-0.25, -0.2) is 18.7 Å². The van der Waals surface area contributed by atoms with E-state index < -0.39 is 11.6 Å². The van der Waals surface area contributed by atoms with E-state index in [0.29, 0.717) is 42.4 Å². The summed E-state index contributed by atoms with van der Waals surface area (Å²) in [6.45, 7) is 7.53. The summed E-state index contributed by atoms with van der Waals surface area (Å²) >= 11 is 0. The minimum absolute atomic E-state index is 0.103. The molecule has 3 heterocycles. The highest BCUT2D eigenvalue weighted by Crippen LogP contribution is 2.39. The number of ether oxygens (including phenoxy) is 1. The molecule has 1 saturated carbocycles. The average Bonchev–Trinajstić information content (AvgIpc) is 2.90. The second-order valence-corrected chi connectivity index (χ2v) is 11.2. The molecule has 0 unspecified atom stereocenters. The van der Waals surface area contributed by atoms with Crippen molar-refractivity contribution in [2.75, 3.05) is 50.6 Å². The van der Waals surface area contributed by atoms with Crippen LogP contribution in [0.4, 0.5) is 20.4 Å². The molecule has 0 amide bonds. The Morgan fingerprint density at radius 1 is 1.00 bits per heavy atom. The number of fused-ring (bicyclic) bond motifs is 1. The highest BCUT2D eigenvalue weighted by molar-refractivity contribution is 5.72. The smallest absolute Gasteiger partial charge is 0.223 e.